The Morgan fingerprint density at radius 1 is 1.52 bits per heavy atom. The van der Waals surface area contributed by atoms with Crippen molar-refractivity contribution in [1.29, 1.82) is 0 Å². The topological polar surface area (TPSA) is 185 Å². The lowest BCUT2D eigenvalue weighted by atomic mass is 10.2. The minimum atomic E-state index is -3.86. The van der Waals surface area contributed by atoms with E-state index in [1.165, 1.54) is 16.5 Å². The van der Waals surface area contributed by atoms with Crippen molar-refractivity contribution >= 4 is 49.8 Å². The predicted octanol–water partition coefficient (Wildman–Crippen LogP) is -0.689. The molecule has 0 aromatic carbocycles. The Morgan fingerprint density at radius 2 is 2.24 bits per heavy atom. The van der Waals surface area contributed by atoms with E-state index < -0.39 is 39.4 Å². The lowest BCUT2D eigenvalue weighted by molar-refractivity contribution is -0.143. The Bertz CT molecular complexity index is 1160. The van der Waals surface area contributed by atoms with Crippen LogP contribution in [0, 0.1) is 0 Å². The summed E-state index contributed by atoms with van der Waals surface area (Å²) in [6.45, 7) is 4.73. The zero-order valence-electron chi connectivity index (χ0n) is 17.6. The Labute approximate surface area is 193 Å². The summed E-state index contributed by atoms with van der Waals surface area (Å²) < 4.78 is 25.0. The highest BCUT2D eigenvalue weighted by Crippen LogP contribution is 2.32. The summed E-state index contributed by atoms with van der Waals surface area (Å²) in [6.07, 6.45) is 1.71. The first kappa shape index (κ1) is 24.3. The van der Waals surface area contributed by atoms with E-state index in [9.17, 15) is 27.9 Å². The molecule has 3 heterocycles. The van der Waals surface area contributed by atoms with Crippen LogP contribution in [0.2, 0.25) is 0 Å². The number of hydrazine groups is 1. The summed E-state index contributed by atoms with van der Waals surface area (Å²) in [5.74, 6) is -3.38. The molecule has 2 amide bonds. The number of carboxylic acid groups (broad SMARTS) is 1. The summed E-state index contributed by atoms with van der Waals surface area (Å²) in [7, 11) is -3.86. The van der Waals surface area contributed by atoms with Crippen molar-refractivity contribution < 1.29 is 32.7 Å². The molecule has 2 aliphatic rings. The van der Waals surface area contributed by atoms with Crippen LogP contribution in [0.15, 0.2) is 33.8 Å². The lowest BCUT2D eigenvalue weighted by Gasteiger charge is -2.18. The number of nitrogen functional groups attached to an aromatic ring is 1. The van der Waals surface area contributed by atoms with Crippen LogP contribution in [0.1, 0.15) is 19.0 Å². The smallest absolute Gasteiger partial charge is 0.355 e. The van der Waals surface area contributed by atoms with Gasteiger partial charge in [0.05, 0.1) is 17.2 Å². The van der Waals surface area contributed by atoms with Crippen molar-refractivity contribution in [1.82, 2.24) is 20.3 Å². The number of aromatic nitrogens is 1. The molecule has 0 bridgehead atoms. The second-order valence-corrected chi connectivity index (χ2v) is 10.0. The number of fused-ring (bicyclic) bond motifs is 1. The van der Waals surface area contributed by atoms with Crippen molar-refractivity contribution in [3.05, 3.63) is 34.3 Å². The molecule has 1 aromatic heterocycles. The van der Waals surface area contributed by atoms with Gasteiger partial charge in [0.2, 0.25) is 0 Å². The van der Waals surface area contributed by atoms with Gasteiger partial charge in [-0.05, 0) is 6.42 Å². The fourth-order valence-corrected chi connectivity index (χ4v) is 5.49. The van der Waals surface area contributed by atoms with Crippen molar-refractivity contribution in [3.8, 4) is 0 Å². The van der Waals surface area contributed by atoms with Crippen LogP contribution >= 0.6 is 11.3 Å². The molecule has 0 saturated carbocycles. The van der Waals surface area contributed by atoms with Crippen LogP contribution < -0.4 is 11.1 Å². The first-order valence-corrected chi connectivity index (χ1v) is 12.2. The number of carbonyl (C=O) groups is 3. The van der Waals surface area contributed by atoms with E-state index in [-0.39, 0.29) is 46.9 Å². The first-order valence-electron chi connectivity index (χ1n) is 9.71. The number of anilines is 1. The van der Waals surface area contributed by atoms with Crippen molar-refractivity contribution in [2.75, 3.05) is 31.2 Å². The van der Waals surface area contributed by atoms with E-state index in [0.29, 0.717) is 6.42 Å². The Hall–Kier alpha value is -3.30. The molecular weight excluding hydrogens is 476 g/mol. The fourth-order valence-electron chi connectivity index (χ4n) is 3.34. The molecular formula is C18H22N6O7S2. The number of hydrogen-bond donors (Lipinski definition) is 3. The van der Waals surface area contributed by atoms with Crippen LogP contribution in [0.5, 0.6) is 0 Å². The number of rotatable bonds is 10. The Balaban J connectivity index is 1.84. The molecule has 3 rings (SSSR count). The van der Waals surface area contributed by atoms with Crippen LogP contribution in [-0.2, 0) is 29.1 Å². The SMILES string of the molecule is C=CCO/N=C(/C(=O)N[C@H]1CN2CC(S(=O)(=O)CCC)=C(C(=O)O)N2C1=O)c1csc(N)n1. The summed E-state index contributed by atoms with van der Waals surface area (Å²) in [4.78, 5) is 46.3. The number of nitrogens with two attached hydrogens (primary N) is 1. The van der Waals surface area contributed by atoms with Gasteiger partial charge in [-0.1, -0.05) is 24.7 Å². The molecule has 1 fully saturated rings. The van der Waals surface area contributed by atoms with Gasteiger partial charge < -0.3 is 21.0 Å². The zero-order valence-corrected chi connectivity index (χ0v) is 19.2. The number of sulfone groups is 1. The van der Waals surface area contributed by atoms with Gasteiger partial charge >= 0.3 is 5.97 Å². The van der Waals surface area contributed by atoms with Crippen molar-refractivity contribution in [2.24, 2.45) is 5.16 Å². The molecule has 1 atom stereocenters. The predicted molar refractivity (Wildman–Crippen MR) is 118 cm³/mol. The number of carboxylic acids is 1. The molecule has 13 nitrogen and oxygen atoms in total. The monoisotopic (exact) mass is 498 g/mol. The average Bonchev–Trinajstić information content (AvgIpc) is 3.41. The van der Waals surface area contributed by atoms with Crippen molar-refractivity contribution in [3.63, 3.8) is 0 Å². The molecule has 178 valence electrons. The highest BCUT2D eigenvalue weighted by Gasteiger charge is 2.50. The van der Waals surface area contributed by atoms with Gasteiger partial charge in [-0.2, -0.15) is 0 Å². The molecule has 1 saturated heterocycles. The summed E-state index contributed by atoms with van der Waals surface area (Å²) in [5.41, 5.74) is 4.89. The summed E-state index contributed by atoms with van der Waals surface area (Å²) in [5, 5.41) is 19.6. The maximum Gasteiger partial charge on any atom is 0.355 e. The van der Waals surface area contributed by atoms with Gasteiger partial charge in [0.25, 0.3) is 11.8 Å². The molecule has 33 heavy (non-hydrogen) atoms. The minimum absolute atomic E-state index is 0.0160. The van der Waals surface area contributed by atoms with E-state index in [1.54, 1.807) is 6.92 Å². The van der Waals surface area contributed by atoms with Crippen molar-refractivity contribution in [2.45, 2.75) is 19.4 Å². The lowest BCUT2D eigenvalue weighted by Crippen LogP contribution is -2.46. The standard InChI is InChI=1S/C18H22N6O7S2/c1-3-5-31-22-13(11-9-32-18(19)21-11)15(25)20-10-7-23-8-12(33(29,30)6-4-2)14(17(27)28)24(23)16(10)26/h3,9-10H,1,4-8H2,2H3,(H2,19,21)(H,20,25)(H,27,28)/b22-13+/t10-/m0/s1. The van der Waals surface area contributed by atoms with E-state index in [4.69, 9.17) is 10.6 Å². The van der Waals surface area contributed by atoms with Gasteiger partial charge in [0.1, 0.15) is 18.3 Å². The third-order valence-corrected chi connectivity index (χ3v) is 7.36. The second kappa shape index (κ2) is 9.68. The van der Waals surface area contributed by atoms with Crippen LogP contribution in [-0.4, -0.2) is 83.5 Å². The van der Waals surface area contributed by atoms with Gasteiger partial charge in [0, 0.05) is 11.9 Å². The third kappa shape index (κ3) is 4.89. The third-order valence-electron chi connectivity index (χ3n) is 4.67. The zero-order chi connectivity index (χ0) is 24.3. The summed E-state index contributed by atoms with van der Waals surface area (Å²) >= 11 is 1.07. The molecule has 0 unspecified atom stereocenters. The Morgan fingerprint density at radius 3 is 2.82 bits per heavy atom. The maximum atomic E-state index is 13.0. The highest BCUT2D eigenvalue weighted by molar-refractivity contribution is 7.95. The molecule has 4 N–H and O–H groups in total. The van der Waals surface area contributed by atoms with E-state index in [0.717, 1.165) is 16.3 Å². The number of hydrogen-bond acceptors (Lipinski definition) is 11. The number of amides is 2. The quantitative estimate of drug-likeness (QED) is 0.161. The number of aliphatic carboxylic acids is 1. The fraction of sp³-hybridized carbons (Fsp3) is 0.389. The summed E-state index contributed by atoms with van der Waals surface area (Å²) in [6, 6.07) is -1.15. The van der Waals surface area contributed by atoms with E-state index in [1.807, 2.05) is 0 Å². The number of carbonyl (C=O) groups excluding carboxylic acids is 2. The molecule has 15 heteroatoms. The minimum Gasteiger partial charge on any atom is -0.476 e. The number of oxime groups is 1. The number of nitrogens with one attached hydrogen (secondary N) is 1. The van der Waals surface area contributed by atoms with E-state index in [2.05, 4.69) is 22.0 Å². The second-order valence-electron chi connectivity index (χ2n) is 7.01. The van der Waals surface area contributed by atoms with E-state index >= 15 is 0 Å². The van der Waals surface area contributed by atoms with Crippen LogP contribution in [0.4, 0.5) is 5.13 Å². The molecule has 0 spiro atoms. The number of nitrogens with zero attached hydrogens (tertiary/aromatic N) is 4. The molecule has 2 aliphatic heterocycles. The van der Waals surface area contributed by atoms with Crippen LogP contribution in [0.25, 0.3) is 0 Å². The van der Waals surface area contributed by atoms with Gasteiger partial charge in [0.15, 0.2) is 26.4 Å². The normalized spacial score (nSPS) is 19.1. The first-order chi connectivity index (χ1) is 15.6. The van der Waals surface area contributed by atoms with Gasteiger partial charge in [-0.3, -0.25) is 9.59 Å². The van der Waals surface area contributed by atoms with Gasteiger partial charge in [-0.25, -0.2) is 28.2 Å². The average molecular weight is 499 g/mol. The Kier molecular flexibility index (Phi) is 7.14. The van der Waals surface area contributed by atoms with Crippen LogP contribution in [0.3, 0.4) is 0 Å². The van der Waals surface area contributed by atoms with Gasteiger partial charge in [-0.15, -0.1) is 11.3 Å². The number of thiazole rings is 1. The molecule has 0 aliphatic carbocycles. The highest BCUT2D eigenvalue weighted by atomic mass is 32.2. The largest absolute Gasteiger partial charge is 0.476 e. The maximum absolute atomic E-state index is 13.0. The molecule has 0 radical (unpaired) electrons. The molecule has 1 aromatic rings.